The second kappa shape index (κ2) is 6.11. The smallest absolute Gasteiger partial charge is 0.237 e. The highest BCUT2D eigenvalue weighted by molar-refractivity contribution is 5.22. The molecular weight excluding hydrogens is 228 g/mol. The molecular formula is C13H22N4O. The van der Waals surface area contributed by atoms with Gasteiger partial charge in [0.25, 0.3) is 0 Å². The Morgan fingerprint density at radius 1 is 1.28 bits per heavy atom. The molecule has 5 heteroatoms. The van der Waals surface area contributed by atoms with Gasteiger partial charge >= 0.3 is 0 Å². The van der Waals surface area contributed by atoms with Gasteiger partial charge in [0, 0.05) is 12.4 Å². The van der Waals surface area contributed by atoms with Crippen molar-refractivity contribution in [3.05, 3.63) is 18.1 Å². The van der Waals surface area contributed by atoms with Gasteiger partial charge in [-0.2, -0.15) is 0 Å². The van der Waals surface area contributed by atoms with Gasteiger partial charge in [-0.3, -0.25) is 16.3 Å². The summed E-state index contributed by atoms with van der Waals surface area (Å²) in [4.78, 5) is 8.58. The van der Waals surface area contributed by atoms with Gasteiger partial charge in [0.05, 0.1) is 13.2 Å². The Bertz CT molecular complexity index is 377. The first-order valence-corrected chi connectivity index (χ1v) is 6.57. The van der Waals surface area contributed by atoms with Crippen molar-refractivity contribution in [2.24, 2.45) is 17.7 Å². The summed E-state index contributed by atoms with van der Waals surface area (Å²) in [6.07, 6.45) is 8.19. The maximum absolute atomic E-state index is 5.72. The van der Waals surface area contributed by atoms with Crippen molar-refractivity contribution in [2.75, 3.05) is 7.11 Å². The number of nitrogens with zero attached hydrogens (tertiary/aromatic N) is 2. The van der Waals surface area contributed by atoms with Crippen molar-refractivity contribution in [3.8, 4) is 5.88 Å². The average Bonchev–Trinajstić information content (AvgIpc) is 2.42. The van der Waals surface area contributed by atoms with Crippen molar-refractivity contribution >= 4 is 0 Å². The lowest BCUT2D eigenvalue weighted by molar-refractivity contribution is 0.225. The highest BCUT2D eigenvalue weighted by Gasteiger charge is 2.29. The summed E-state index contributed by atoms with van der Waals surface area (Å²) < 4.78 is 5.27. The molecule has 1 aliphatic rings. The standard InChI is InChI=1S/C13H22N4O/c1-9-3-5-10(6-4-9)11(17-14)12-13(18-2)16-8-7-15-12/h7-11,17H,3-6,14H2,1-2H3. The zero-order valence-electron chi connectivity index (χ0n) is 11.1. The van der Waals surface area contributed by atoms with E-state index < -0.39 is 0 Å². The minimum Gasteiger partial charge on any atom is -0.480 e. The van der Waals surface area contributed by atoms with Gasteiger partial charge in [-0.1, -0.05) is 19.8 Å². The Kier molecular flexibility index (Phi) is 4.49. The van der Waals surface area contributed by atoms with Gasteiger partial charge in [0.1, 0.15) is 5.69 Å². The van der Waals surface area contributed by atoms with Crippen LogP contribution in [0, 0.1) is 11.8 Å². The first kappa shape index (κ1) is 13.2. The summed E-state index contributed by atoms with van der Waals surface area (Å²) in [6, 6.07) is 0.0288. The fourth-order valence-corrected chi connectivity index (χ4v) is 2.76. The normalized spacial score (nSPS) is 25.7. The number of methoxy groups -OCH3 is 1. The predicted octanol–water partition coefficient (Wildman–Crippen LogP) is 1.82. The van der Waals surface area contributed by atoms with E-state index >= 15 is 0 Å². The molecule has 2 rings (SSSR count). The minimum absolute atomic E-state index is 0.0288. The summed E-state index contributed by atoms with van der Waals surface area (Å²) in [7, 11) is 1.62. The van der Waals surface area contributed by atoms with Crippen LogP contribution in [0.25, 0.3) is 0 Å². The van der Waals surface area contributed by atoms with Gasteiger partial charge in [-0.15, -0.1) is 0 Å². The van der Waals surface area contributed by atoms with Crippen LogP contribution in [0.2, 0.25) is 0 Å². The molecule has 0 bridgehead atoms. The van der Waals surface area contributed by atoms with Crippen LogP contribution in [0.4, 0.5) is 0 Å². The summed E-state index contributed by atoms with van der Waals surface area (Å²) in [5.41, 5.74) is 3.72. The van der Waals surface area contributed by atoms with Gasteiger partial charge in [0.2, 0.25) is 5.88 Å². The van der Waals surface area contributed by atoms with E-state index in [2.05, 4.69) is 22.3 Å². The molecule has 5 nitrogen and oxygen atoms in total. The van der Waals surface area contributed by atoms with E-state index in [0.717, 1.165) is 11.6 Å². The molecule has 0 radical (unpaired) electrons. The third-order valence-electron chi connectivity index (χ3n) is 3.89. The maximum Gasteiger partial charge on any atom is 0.237 e. The lowest BCUT2D eigenvalue weighted by Crippen LogP contribution is -2.36. The van der Waals surface area contributed by atoms with Crippen LogP contribution in [0.1, 0.15) is 44.3 Å². The fraction of sp³-hybridized carbons (Fsp3) is 0.692. The molecule has 1 saturated carbocycles. The third-order valence-corrected chi connectivity index (χ3v) is 3.89. The minimum atomic E-state index is 0.0288. The highest BCUT2D eigenvalue weighted by atomic mass is 16.5. The second-order valence-electron chi connectivity index (χ2n) is 5.12. The molecule has 1 aromatic rings. The summed E-state index contributed by atoms with van der Waals surface area (Å²) in [5, 5.41) is 0. The lowest BCUT2D eigenvalue weighted by Gasteiger charge is -2.32. The summed E-state index contributed by atoms with van der Waals surface area (Å²) in [6.45, 7) is 2.31. The van der Waals surface area contributed by atoms with Gasteiger partial charge in [0.15, 0.2) is 0 Å². The SMILES string of the molecule is COc1nccnc1C(NN)C1CCC(C)CC1. The van der Waals surface area contributed by atoms with Gasteiger partial charge in [-0.25, -0.2) is 4.98 Å². The number of hydrazine groups is 1. The maximum atomic E-state index is 5.72. The highest BCUT2D eigenvalue weighted by Crippen LogP contribution is 2.37. The summed E-state index contributed by atoms with van der Waals surface area (Å²) in [5.74, 6) is 7.62. The first-order chi connectivity index (χ1) is 8.76. The molecule has 0 aliphatic heterocycles. The van der Waals surface area contributed by atoms with Crippen molar-refractivity contribution in [2.45, 2.75) is 38.6 Å². The van der Waals surface area contributed by atoms with Crippen LogP contribution < -0.4 is 16.0 Å². The molecule has 0 amide bonds. The number of aromatic nitrogens is 2. The molecule has 1 heterocycles. The molecule has 0 aromatic carbocycles. The number of nitrogens with two attached hydrogens (primary N) is 1. The van der Waals surface area contributed by atoms with E-state index in [9.17, 15) is 0 Å². The van der Waals surface area contributed by atoms with E-state index in [1.165, 1.54) is 25.7 Å². The van der Waals surface area contributed by atoms with E-state index in [-0.39, 0.29) is 6.04 Å². The zero-order chi connectivity index (χ0) is 13.0. The van der Waals surface area contributed by atoms with Gasteiger partial charge < -0.3 is 4.74 Å². The fourth-order valence-electron chi connectivity index (χ4n) is 2.76. The zero-order valence-corrected chi connectivity index (χ0v) is 11.1. The van der Waals surface area contributed by atoms with Gasteiger partial charge in [-0.05, 0) is 24.7 Å². The first-order valence-electron chi connectivity index (χ1n) is 6.57. The van der Waals surface area contributed by atoms with Crippen LogP contribution in [-0.4, -0.2) is 17.1 Å². The van der Waals surface area contributed by atoms with Crippen LogP contribution in [0.15, 0.2) is 12.4 Å². The van der Waals surface area contributed by atoms with E-state index in [4.69, 9.17) is 10.6 Å². The molecule has 100 valence electrons. The molecule has 1 aromatic heterocycles. The van der Waals surface area contributed by atoms with E-state index in [1.54, 1.807) is 19.5 Å². The molecule has 18 heavy (non-hydrogen) atoms. The molecule has 0 spiro atoms. The van der Waals surface area contributed by atoms with Crippen molar-refractivity contribution < 1.29 is 4.74 Å². The Labute approximate surface area is 108 Å². The third kappa shape index (κ3) is 2.79. The number of ether oxygens (including phenoxy) is 1. The van der Waals surface area contributed by atoms with Crippen LogP contribution in [0.3, 0.4) is 0 Å². The van der Waals surface area contributed by atoms with Crippen LogP contribution in [0.5, 0.6) is 5.88 Å². The van der Waals surface area contributed by atoms with Crippen molar-refractivity contribution in [1.29, 1.82) is 0 Å². The van der Waals surface area contributed by atoms with E-state index in [0.29, 0.717) is 11.8 Å². The monoisotopic (exact) mass is 250 g/mol. The molecule has 1 atom stereocenters. The van der Waals surface area contributed by atoms with Crippen molar-refractivity contribution in [3.63, 3.8) is 0 Å². The van der Waals surface area contributed by atoms with Crippen LogP contribution in [-0.2, 0) is 0 Å². The Morgan fingerprint density at radius 2 is 1.94 bits per heavy atom. The van der Waals surface area contributed by atoms with Crippen LogP contribution >= 0.6 is 0 Å². The average molecular weight is 250 g/mol. The Balaban J connectivity index is 2.17. The molecule has 1 fully saturated rings. The lowest BCUT2D eigenvalue weighted by atomic mass is 9.78. The number of hydrogen-bond donors (Lipinski definition) is 2. The number of rotatable bonds is 4. The Morgan fingerprint density at radius 3 is 2.56 bits per heavy atom. The van der Waals surface area contributed by atoms with E-state index in [1.807, 2.05) is 0 Å². The molecule has 0 saturated heterocycles. The topological polar surface area (TPSA) is 73.1 Å². The second-order valence-corrected chi connectivity index (χ2v) is 5.12. The largest absolute Gasteiger partial charge is 0.480 e. The summed E-state index contributed by atoms with van der Waals surface area (Å²) >= 11 is 0. The Hall–Kier alpha value is -1.20. The quantitative estimate of drug-likeness (QED) is 0.630. The number of hydrogen-bond acceptors (Lipinski definition) is 5. The van der Waals surface area contributed by atoms with Crippen molar-refractivity contribution in [1.82, 2.24) is 15.4 Å². The molecule has 1 unspecified atom stereocenters. The molecule has 1 aliphatic carbocycles. The molecule has 3 N–H and O–H groups in total. The number of nitrogens with one attached hydrogen (secondary N) is 1. The predicted molar refractivity (Wildman–Crippen MR) is 69.8 cm³/mol.